The minimum Gasteiger partial charge on any atom is -0.468 e. The van der Waals surface area contributed by atoms with Crippen molar-refractivity contribution >= 4 is 29.3 Å². The quantitative estimate of drug-likeness (QED) is 0.340. The van der Waals surface area contributed by atoms with Gasteiger partial charge in [-0.2, -0.15) is 0 Å². The maximum atomic E-state index is 11.5. The number of hydrazine groups is 1. The van der Waals surface area contributed by atoms with Crippen molar-refractivity contribution in [1.29, 1.82) is 0 Å². The Balaban J connectivity index is 1.98. The van der Waals surface area contributed by atoms with E-state index in [1.807, 2.05) is 24.3 Å². The number of nitrogens with two attached hydrogens (primary N) is 1. The third kappa shape index (κ3) is 4.11. The number of nitrogens with one attached hydrogen (secondary N) is 2. The van der Waals surface area contributed by atoms with Gasteiger partial charge in [-0.05, 0) is 30.3 Å². The fraction of sp³-hybridized carbons (Fsp3) is 0.143. The van der Waals surface area contributed by atoms with Crippen molar-refractivity contribution in [3.63, 3.8) is 0 Å². The van der Waals surface area contributed by atoms with Crippen molar-refractivity contribution in [1.82, 2.24) is 5.43 Å². The fourth-order valence-corrected chi connectivity index (χ4v) is 2.57. The molecule has 0 atom stereocenters. The molecule has 0 bridgehead atoms. The van der Waals surface area contributed by atoms with Crippen LogP contribution in [0, 0.1) is 0 Å². The molecule has 0 spiro atoms. The van der Waals surface area contributed by atoms with Gasteiger partial charge in [-0.15, -0.1) is 11.8 Å². The standard InChI is InChI=1S/C14H15N3O3S/c1-9(18)16-10-2-4-11(5-3-10)21-8-13-12(6-7-20-13)14(19)17-15/h2-7H,8,15H2,1H3,(H,16,18)(H,17,19). The molecule has 0 unspecified atom stereocenters. The molecule has 0 saturated heterocycles. The number of nitrogen functional groups attached to an aromatic ring is 1. The van der Waals surface area contributed by atoms with Crippen LogP contribution in [0.15, 0.2) is 45.9 Å². The van der Waals surface area contributed by atoms with Gasteiger partial charge in [-0.25, -0.2) is 5.84 Å². The molecule has 0 aliphatic rings. The van der Waals surface area contributed by atoms with Crippen molar-refractivity contribution in [2.24, 2.45) is 5.84 Å². The first-order valence-electron chi connectivity index (χ1n) is 6.18. The van der Waals surface area contributed by atoms with Crippen LogP contribution < -0.4 is 16.6 Å². The molecular formula is C14H15N3O3S. The van der Waals surface area contributed by atoms with Crippen molar-refractivity contribution in [3.8, 4) is 0 Å². The highest BCUT2D eigenvalue weighted by Crippen LogP contribution is 2.26. The molecule has 0 aliphatic heterocycles. The topological polar surface area (TPSA) is 97.4 Å². The summed E-state index contributed by atoms with van der Waals surface area (Å²) in [5, 5.41) is 2.70. The molecule has 2 amide bonds. The number of benzene rings is 1. The van der Waals surface area contributed by atoms with Gasteiger partial charge in [0.25, 0.3) is 5.91 Å². The number of rotatable bonds is 5. The number of amides is 2. The van der Waals surface area contributed by atoms with Crippen LogP contribution in [-0.2, 0) is 10.5 Å². The van der Waals surface area contributed by atoms with Gasteiger partial charge in [-0.1, -0.05) is 0 Å². The van der Waals surface area contributed by atoms with E-state index < -0.39 is 0 Å². The largest absolute Gasteiger partial charge is 0.468 e. The van der Waals surface area contributed by atoms with E-state index in [-0.39, 0.29) is 11.8 Å². The zero-order valence-corrected chi connectivity index (χ0v) is 12.2. The number of anilines is 1. The van der Waals surface area contributed by atoms with E-state index >= 15 is 0 Å². The molecule has 0 saturated carbocycles. The third-order valence-corrected chi connectivity index (χ3v) is 3.68. The van der Waals surface area contributed by atoms with E-state index in [0.29, 0.717) is 17.1 Å². The summed E-state index contributed by atoms with van der Waals surface area (Å²) < 4.78 is 5.29. The van der Waals surface area contributed by atoms with E-state index in [4.69, 9.17) is 10.3 Å². The third-order valence-electron chi connectivity index (χ3n) is 2.67. The first-order chi connectivity index (χ1) is 10.1. The Labute approximate surface area is 126 Å². The second kappa shape index (κ2) is 6.96. The van der Waals surface area contributed by atoms with E-state index in [1.165, 1.54) is 24.9 Å². The highest BCUT2D eigenvalue weighted by molar-refractivity contribution is 7.98. The van der Waals surface area contributed by atoms with Crippen LogP contribution in [0.4, 0.5) is 5.69 Å². The van der Waals surface area contributed by atoms with Gasteiger partial charge in [-0.3, -0.25) is 15.0 Å². The number of furan rings is 1. The lowest BCUT2D eigenvalue weighted by molar-refractivity contribution is -0.114. The Morgan fingerprint density at radius 1 is 1.24 bits per heavy atom. The number of carbonyl (C=O) groups excluding carboxylic acids is 2. The van der Waals surface area contributed by atoms with Crippen molar-refractivity contribution in [2.75, 3.05) is 5.32 Å². The van der Waals surface area contributed by atoms with Crippen LogP contribution in [0.1, 0.15) is 23.0 Å². The lowest BCUT2D eigenvalue weighted by Crippen LogP contribution is -2.30. The first-order valence-corrected chi connectivity index (χ1v) is 7.16. The summed E-state index contributed by atoms with van der Waals surface area (Å²) in [5.41, 5.74) is 3.26. The molecule has 0 radical (unpaired) electrons. The van der Waals surface area contributed by atoms with Crippen LogP contribution in [0.25, 0.3) is 0 Å². The molecule has 6 nitrogen and oxygen atoms in total. The molecule has 110 valence electrons. The van der Waals surface area contributed by atoms with E-state index in [2.05, 4.69) is 10.7 Å². The van der Waals surface area contributed by atoms with Crippen molar-refractivity contribution < 1.29 is 14.0 Å². The zero-order valence-electron chi connectivity index (χ0n) is 11.4. The fourth-order valence-electron chi connectivity index (χ4n) is 1.72. The summed E-state index contributed by atoms with van der Waals surface area (Å²) in [7, 11) is 0. The first kappa shape index (κ1) is 15.1. The predicted octanol–water partition coefficient (Wildman–Crippen LogP) is 2.13. The minimum atomic E-state index is -0.375. The number of thioether (sulfide) groups is 1. The molecule has 1 aromatic carbocycles. The molecule has 4 N–H and O–H groups in total. The molecule has 1 heterocycles. The normalized spacial score (nSPS) is 10.2. The van der Waals surface area contributed by atoms with Gasteiger partial charge < -0.3 is 9.73 Å². The summed E-state index contributed by atoms with van der Waals surface area (Å²) in [5.74, 6) is 5.70. The number of carbonyl (C=O) groups is 2. The summed E-state index contributed by atoms with van der Waals surface area (Å²) in [6.45, 7) is 1.46. The smallest absolute Gasteiger partial charge is 0.268 e. The van der Waals surface area contributed by atoms with Gasteiger partial charge in [0.1, 0.15) is 5.76 Å². The van der Waals surface area contributed by atoms with Crippen molar-refractivity contribution in [2.45, 2.75) is 17.6 Å². The average Bonchev–Trinajstić information content (AvgIpc) is 2.93. The molecule has 2 rings (SSSR count). The maximum absolute atomic E-state index is 11.5. The Morgan fingerprint density at radius 3 is 2.57 bits per heavy atom. The number of hydrogen-bond acceptors (Lipinski definition) is 5. The summed E-state index contributed by atoms with van der Waals surface area (Å²) in [4.78, 5) is 23.4. The van der Waals surface area contributed by atoms with Gasteiger partial charge >= 0.3 is 0 Å². The van der Waals surface area contributed by atoms with Gasteiger partial charge in [0.15, 0.2) is 0 Å². The van der Waals surface area contributed by atoms with Crippen LogP contribution in [-0.4, -0.2) is 11.8 Å². The molecule has 0 aliphatic carbocycles. The molecular weight excluding hydrogens is 290 g/mol. The Kier molecular flexibility index (Phi) is 5.02. The molecule has 7 heteroatoms. The molecule has 2 aromatic rings. The SMILES string of the molecule is CC(=O)Nc1ccc(SCc2occc2C(=O)NN)cc1. The van der Waals surface area contributed by atoms with Gasteiger partial charge in [0.2, 0.25) is 5.91 Å². The highest BCUT2D eigenvalue weighted by Gasteiger charge is 2.13. The van der Waals surface area contributed by atoms with E-state index in [0.717, 1.165) is 10.6 Å². The minimum absolute atomic E-state index is 0.108. The van der Waals surface area contributed by atoms with Crippen LogP contribution in [0.2, 0.25) is 0 Å². The summed E-state index contributed by atoms with van der Waals surface area (Å²) in [6.07, 6.45) is 1.46. The zero-order chi connectivity index (χ0) is 15.2. The second-order valence-electron chi connectivity index (χ2n) is 4.23. The van der Waals surface area contributed by atoms with Crippen LogP contribution in [0.5, 0.6) is 0 Å². The van der Waals surface area contributed by atoms with Gasteiger partial charge in [0.05, 0.1) is 17.6 Å². The van der Waals surface area contributed by atoms with Crippen LogP contribution in [0.3, 0.4) is 0 Å². The number of hydrogen-bond donors (Lipinski definition) is 3. The summed E-state index contributed by atoms with van der Waals surface area (Å²) >= 11 is 1.52. The van der Waals surface area contributed by atoms with Gasteiger partial charge in [0, 0.05) is 17.5 Å². The lowest BCUT2D eigenvalue weighted by atomic mass is 10.2. The monoisotopic (exact) mass is 305 g/mol. The second-order valence-corrected chi connectivity index (χ2v) is 5.27. The molecule has 0 fully saturated rings. The van der Waals surface area contributed by atoms with Crippen molar-refractivity contribution in [3.05, 3.63) is 47.9 Å². The Bertz CT molecular complexity index is 637. The maximum Gasteiger partial charge on any atom is 0.268 e. The predicted molar refractivity (Wildman–Crippen MR) is 80.7 cm³/mol. The Hall–Kier alpha value is -2.25. The highest BCUT2D eigenvalue weighted by atomic mass is 32.2. The summed E-state index contributed by atoms with van der Waals surface area (Å²) in [6, 6.07) is 9.00. The molecule has 1 aromatic heterocycles. The average molecular weight is 305 g/mol. The Morgan fingerprint density at radius 2 is 1.95 bits per heavy atom. The van der Waals surface area contributed by atoms with E-state index in [9.17, 15) is 9.59 Å². The van der Waals surface area contributed by atoms with Crippen LogP contribution >= 0.6 is 11.8 Å². The van der Waals surface area contributed by atoms with E-state index in [1.54, 1.807) is 6.07 Å². The lowest BCUT2D eigenvalue weighted by Gasteiger charge is -2.05. The molecule has 21 heavy (non-hydrogen) atoms.